The summed E-state index contributed by atoms with van der Waals surface area (Å²) < 4.78 is 39.1. The molecule has 0 bridgehead atoms. The van der Waals surface area contributed by atoms with E-state index >= 15 is 0 Å². The van der Waals surface area contributed by atoms with Crippen LogP contribution in [0.5, 0.6) is 34.5 Å². The lowest BCUT2D eigenvalue weighted by Gasteiger charge is -2.17. The van der Waals surface area contributed by atoms with Crippen LogP contribution in [-0.2, 0) is 9.47 Å². The van der Waals surface area contributed by atoms with Gasteiger partial charge >= 0.3 is 0 Å². The van der Waals surface area contributed by atoms with Crippen molar-refractivity contribution < 1.29 is 43.1 Å². The van der Waals surface area contributed by atoms with Crippen molar-refractivity contribution in [2.24, 2.45) is 11.8 Å². The number of hydrogen-bond donors (Lipinski definition) is 1. The molecule has 0 saturated carbocycles. The highest BCUT2D eigenvalue weighted by Gasteiger charge is 2.48. The molecule has 0 aromatic heterocycles. The van der Waals surface area contributed by atoms with Crippen molar-refractivity contribution in [1.82, 2.24) is 0 Å². The fourth-order valence-electron chi connectivity index (χ4n) is 5.99. The minimum absolute atomic E-state index is 0.0218. The van der Waals surface area contributed by atoms with Crippen LogP contribution in [0.3, 0.4) is 0 Å². The molecule has 2 fully saturated rings. The van der Waals surface area contributed by atoms with E-state index in [2.05, 4.69) is 12.1 Å². The predicted octanol–water partition coefficient (Wildman–Crippen LogP) is 5.85. The van der Waals surface area contributed by atoms with Gasteiger partial charge in [-0.2, -0.15) is 0 Å². The van der Waals surface area contributed by atoms with E-state index in [9.17, 15) is 9.90 Å². The highest BCUT2D eigenvalue weighted by molar-refractivity contribution is 6.10. The van der Waals surface area contributed by atoms with Crippen LogP contribution >= 0.6 is 0 Å². The van der Waals surface area contributed by atoms with Gasteiger partial charge in [-0.25, -0.2) is 0 Å². The molecule has 9 nitrogen and oxygen atoms in total. The van der Waals surface area contributed by atoms with Gasteiger partial charge in [0, 0.05) is 23.5 Å². The van der Waals surface area contributed by atoms with E-state index in [0.717, 1.165) is 34.1 Å². The van der Waals surface area contributed by atoms with Crippen LogP contribution in [-0.4, -0.2) is 44.8 Å². The SMILES string of the molecule is COc1ccc(C(=O)c2ccccc2)c(O)c1.c1cc2c(cc1C1OCC3C(c4ccc5c(c4)OCO5)OCC13)OCO2. The molecule has 4 aromatic carbocycles. The summed E-state index contributed by atoms with van der Waals surface area (Å²) in [5.41, 5.74) is 3.07. The van der Waals surface area contributed by atoms with E-state index in [0.29, 0.717) is 36.4 Å². The van der Waals surface area contributed by atoms with Crippen molar-refractivity contribution in [1.29, 1.82) is 0 Å². The zero-order chi connectivity index (χ0) is 29.3. The molecule has 8 rings (SSSR count). The second-order valence-electron chi connectivity index (χ2n) is 10.6. The highest BCUT2D eigenvalue weighted by Crippen LogP contribution is 2.52. The van der Waals surface area contributed by atoms with E-state index in [1.165, 1.54) is 13.2 Å². The maximum Gasteiger partial charge on any atom is 0.231 e. The second-order valence-corrected chi connectivity index (χ2v) is 10.6. The molecule has 4 atom stereocenters. The molecular formula is C34H30O9. The number of aromatic hydroxyl groups is 1. The zero-order valence-corrected chi connectivity index (χ0v) is 23.4. The van der Waals surface area contributed by atoms with E-state index in [4.69, 9.17) is 33.2 Å². The van der Waals surface area contributed by atoms with Crippen molar-refractivity contribution in [3.8, 4) is 34.5 Å². The monoisotopic (exact) mass is 582 g/mol. The first-order valence-electron chi connectivity index (χ1n) is 14.1. The topological polar surface area (TPSA) is 102 Å². The van der Waals surface area contributed by atoms with E-state index < -0.39 is 0 Å². The number of ether oxygens (including phenoxy) is 7. The first-order valence-corrected chi connectivity index (χ1v) is 14.1. The number of benzene rings is 4. The normalized spacial score (nSPS) is 22.4. The molecule has 0 aliphatic carbocycles. The maximum absolute atomic E-state index is 12.1. The molecule has 4 unspecified atom stereocenters. The van der Waals surface area contributed by atoms with Gasteiger partial charge in [-0.05, 0) is 47.5 Å². The quantitative estimate of drug-likeness (QED) is 0.290. The first-order chi connectivity index (χ1) is 21.1. The molecule has 0 radical (unpaired) electrons. The van der Waals surface area contributed by atoms with Gasteiger partial charge in [-0.15, -0.1) is 0 Å². The molecule has 4 aliphatic rings. The van der Waals surface area contributed by atoms with Crippen molar-refractivity contribution in [2.75, 3.05) is 33.9 Å². The number of carbonyl (C=O) groups is 1. The van der Waals surface area contributed by atoms with Gasteiger partial charge in [0.05, 0.1) is 38.1 Å². The lowest BCUT2D eigenvalue weighted by molar-refractivity contribution is 0.0192. The van der Waals surface area contributed by atoms with Crippen molar-refractivity contribution in [3.63, 3.8) is 0 Å². The summed E-state index contributed by atoms with van der Waals surface area (Å²) in [6.07, 6.45) is 0.0435. The van der Waals surface area contributed by atoms with Gasteiger partial charge in [0.25, 0.3) is 0 Å². The molecular weight excluding hydrogens is 552 g/mol. The minimum Gasteiger partial charge on any atom is -0.507 e. The largest absolute Gasteiger partial charge is 0.507 e. The van der Waals surface area contributed by atoms with Crippen LogP contribution in [0.15, 0.2) is 84.9 Å². The summed E-state index contributed by atoms with van der Waals surface area (Å²) in [6.45, 7) is 1.93. The Morgan fingerprint density at radius 3 is 1.79 bits per heavy atom. The van der Waals surface area contributed by atoms with Gasteiger partial charge in [-0.3, -0.25) is 4.79 Å². The van der Waals surface area contributed by atoms with E-state index in [1.54, 1.807) is 36.4 Å². The Kier molecular flexibility index (Phi) is 7.26. The summed E-state index contributed by atoms with van der Waals surface area (Å²) in [5.74, 6) is 4.07. The average Bonchev–Trinajstić information content (AvgIpc) is 3.85. The number of rotatable bonds is 5. The summed E-state index contributed by atoms with van der Waals surface area (Å²) in [6, 6.07) is 25.6. The van der Waals surface area contributed by atoms with Gasteiger partial charge < -0.3 is 38.3 Å². The zero-order valence-electron chi connectivity index (χ0n) is 23.4. The van der Waals surface area contributed by atoms with Crippen LogP contribution in [0.2, 0.25) is 0 Å². The minimum atomic E-state index is -0.203. The molecule has 2 saturated heterocycles. The molecule has 220 valence electrons. The molecule has 4 aromatic rings. The summed E-state index contributed by atoms with van der Waals surface area (Å²) in [4.78, 5) is 12.1. The summed E-state index contributed by atoms with van der Waals surface area (Å²) >= 11 is 0. The smallest absolute Gasteiger partial charge is 0.231 e. The Morgan fingerprint density at radius 2 is 1.26 bits per heavy atom. The summed E-state index contributed by atoms with van der Waals surface area (Å²) in [7, 11) is 1.51. The molecule has 9 heteroatoms. The molecule has 4 heterocycles. The van der Waals surface area contributed by atoms with E-state index in [-0.39, 0.29) is 42.9 Å². The number of ketones is 1. The van der Waals surface area contributed by atoms with Crippen LogP contribution in [0.1, 0.15) is 39.3 Å². The van der Waals surface area contributed by atoms with Gasteiger partial charge in [0.15, 0.2) is 28.8 Å². The Bertz CT molecular complexity index is 1570. The second kappa shape index (κ2) is 11.5. The van der Waals surface area contributed by atoms with Crippen LogP contribution in [0.25, 0.3) is 0 Å². The number of carbonyl (C=O) groups excluding carboxylic acids is 1. The van der Waals surface area contributed by atoms with Gasteiger partial charge in [-0.1, -0.05) is 42.5 Å². The van der Waals surface area contributed by atoms with Crippen LogP contribution in [0, 0.1) is 11.8 Å². The molecule has 0 spiro atoms. The fraction of sp³-hybridized carbons (Fsp3) is 0.265. The highest BCUT2D eigenvalue weighted by atomic mass is 16.7. The summed E-state index contributed by atoms with van der Waals surface area (Å²) in [5, 5.41) is 9.75. The Hall–Kier alpha value is -4.73. The third-order valence-corrected chi connectivity index (χ3v) is 8.20. The maximum atomic E-state index is 12.1. The van der Waals surface area contributed by atoms with Crippen molar-refractivity contribution in [3.05, 3.63) is 107 Å². The number of methoxy groups -OCH3 is 1. The fourth-order valence-corrected chi connectivity index (χ4v) is 5.99. The van der Waals surface area contributed by atoms with E-state index in [1.807, 2.05) is 30.3 Å². The van der Waals surface area contributed by atoms with Crippen molar-refractivity contribution >= 4 is 5.78 Å². The van der Waals surface area contributed by atoms with Crippen LogP contribution < -0.4 is 23.7 Å². The number of phenols is 1. The van der Waals surface area contributed by atoms with Gasteiger partial charge in [0.2, 0.25) is 13.6 Å². The third-order valence-electron chi connectivity index (χ3n) is 8.20. The molecule has 43 heavy (non-hydrogen) atoms. The Labute approximate surface area is 248 Å². The Balaban J connectivity index is 0.000000154. The average molecular weight is 583 g/mol. The van der Waals surface area contributed by atoms with Crippen LogP contribution in [0.4, 0.5) is 0 Å². The number of fused-ring (bicyclic) bond motifs is 3. The molecule has 4 aliphatic heterocycles. The number of phenolic OH excluding ortho intramolecular Hbond substituents is 1. The Morgan fingerprint density at radius 1 is 0.698 bits per heavy atom. The van der Waals surface area contributed by atoms with Crippen molar-refractivity contribution in [2.45, 2.75) is 12.2 Å². The van der Waals surface area contributed by atoms with Gasteiger partial charge in [0.1, 0.15) is 11.5 Å². The predicted molar refractivity (Wildman–Crippen MR) is 154 cm³/mol. The standard InChI is InChI=1S/C20H18O6.C14H12O3/c1-3-15-17(25-9-23-15)5-11(1)19-13-7-22-20(14(13)8-21-19)12-2-4-16-18(6-12)26-10-24-16;1-17-11-7-8-12(13(15)9-11)14(16)10-5-3-2-4-6-10/h1-6,13-14,19-20H,7-10H2;2-9,15H,1H3. The lowest BCUT2D eigenvalue weighted by Crippen LogP contribution is -2.14. The molecule has 0 amide bonds. The third kappa shape index (κ3) is 5.22. The number of hydrogen-bond acceptors (Lipinski definition) is 9. The first kappa shape index (κ1) is 27.1. The molecule has 1 N–H and O–H groups in total. The lowest BCUT2D eigenvalue weighted by atomic mass is 9.85.